The quantitative estimate of drug-likeness (QED) is 0.690. The zero-order valence-corrected chi connectivity index (χ0v) is 19.3. The summed E-state index contributed by atoms with van der Waals surface area (Å²) in [5.74, 6) is 0.665. The van der Waals surface area contributed by atoms with Gasteiger partial charge >= 0.3 is 0 Å². The van der Waals surface area contributed by atoms with Crippen molar-refractivity contribution < 1.29 is 4.39 Å². The number of piperidine rings is 1. The molecule has 4 rings (SSSR count). The van der Waals surface area contributed by atoms with Crippen LogP contribution in [0.5, 0.6) is 0 Å². The van der Waals surface area contributed by atoms with Gasteiger partial charge in [-0.3, -0.25) is 14.5 Å². The van der Waals surface area contributed by atoms with Gasteiger partial charge in [0.25, 0.3) is 5.56 Å². The first-order valence-electron chi connectivity index (χ1n) is 10.2. The van der Waals surface area contributed by atoms with Crippen LogP contribution in [0, 0.1) is 0 Å². The lowest BCUT2D eigenvalue weighted by Gasteiger charge is -2.34. The van der Waals surface area contributed by atoms with E-state index in [1.165, 1.54) is 10.8 Å². The molecule has 6 nitrogen and oxygen atoms in total. The number of fused-ring (bicyclic) bond motifs is 1. The molecule has 2 N–H and O–H groups in total. The molecule has 0 spiro atoms. The Morgan fingerprint density at radius 1 is 1.33 bits per heavy atom. The molecule has 2 aliphatic rings. The average Bonchev–Trinajstić information content (AvgIpc) is 2.73. The van der Waals surface area contributed by atoms with E-state index in [0.717, 1.165) is 31.5 Å². The summed E-state index contributed by atoms with van der Waals surface area (Å²) in [5.41, 5.74) is 1.99. The minimum atomic E-state index is -1.75. The number of hydrogen-bond acceptors (Lipinski definition) is 5. The number of rotatable bonds is 5. The molecule has 160 valence electrons. The Morgan fingerprint density at radius 2 is 2.10 bits per heavy atom. The number of dihydropyridines is 1. The summed E-state index contributed by atoms with van der Waals surface area (Å²) in [7, 11) is 4.50. The van der Waals surface area contributed by atoms with Crippen LogP contribution in [0.25, 0.3) is 5.65 Å². The molecule has 2 aromatic rings. The zero-order chi connectivity index (χ0) is 21.3. The Kier molecular flexibility index (Phi) is 6.24. The predicted molar refractivity (Wildman–Crippen MR) is 126 cm³/mol. The fourth-order valence-corrected chi connectivity index (χ4v) is 4.58. The van der Waals surface area contributed by atoms with Gasteiger partial charge in [-0.1, -0.05) is 30.6 Å². The van der Waals surface area contributed by atoms with E-state index in [9.17, 15) is 4.79 Å². The molecule has 1 fully saturated rings. The van der Waals surface area contributed by atoms with Crippen LogP contribution in [0.2, 0.25) is 0 Å². The maximum absolute atomic E-state index is 15.4. The van der Waals surface area contributed by atoms with Crippen LogP contribution < -0.4 is 21.1 Å². The van der Waals surface area contributed by atoms with Crippen LogP contribution in [-0.4, -0.2) is 33.8 Å². The van der Waals surface area contributed by atoms with Crippen molar-refractivity contribution in [2.45, 2.75) is 43.5 Å². The van der Waals surface area contributed by atoms with Crippen LogP contribution in [0.1, 0.15) is 37.8 Å². The van der Waals surface area contributed by atoms with Crippen molar-refractivity contribution in [3.05, 3.63) is 64.2 Å². The van der Waals surface area contributed by atoms with Crippen molar-refractivity contribution in [2.75, 3.05) is 18.0 Å². The highest BCUT2D eigenvalue weighted by molar-refractivity contribution is 7.39. The third-order valence-corrected chi connectivity index (χ3v) is 6.31. The second kappa shape index (κ2) is 8.74. The molecule has 30 heavy (non-hydrogen) atoms. The van der Waals surface area contributed by atoms with E-state index in [0.29, 0.717) is 17.0 Å². The van der Waals surface area contributed by atoms with Crippen LogP contribution >= 0.6 is 18.5 Å². The normalized spacial score (nSPS) is 20.7. The Balaban J connectivity index is 1.80. The van der Waals surface area contributed by atoms with E-state index >= 15 is 4.39 Å². The molecule has 0 radical (unpaired) electrons. The lowest BCUT2D eigenvalue weighted by Crippen LogP contribution is -2.47. The van der Waals surface area contributed by atoms with Gasteiger partial charge in [0.15, 0.2) is 5.15 Å². The van der Waals surface area contributed by atoms with E-state index in [1.54, 1.807) is 18.3 Å². The van der Waals surface area contributed by atoms with Crippen molar-refractivity contribution in [1.82, 2.24) is 20.0 Å². The molecular weight excluding hydrogens is 419 g/mol. The molecule has 4 heterocycles. The first-order valence-corrected chi connectivity index (χ1v) is 11.4. The Morgan fingerprint density at radius 3 is 2.80 bits per heavy atom. The largest absolute Gasteiger partial charge is 0.372 e. The fraction of sp³-hybridized carbons (Fsp3) is 0.429. The predicted octanol–water partition coefficient (Wildman–Crippen LogP) is 3.08. The van der Waals surface area contributed by atoms with Gasteiger partial charge in [0, 0.05) is 30.9 Å². The molecule has 0 amide bonds. The van der Waals surface area contributed by atoms with Crippen molar-refractivity contribution in [3.8, 4) is 0 Å². The van der Waals surface area contributed by atoms with Crippen molar-refractivity contribution in [2.24, 2.45) is 0 Å². The molecule has 4 unspecified atom stereocenters. The molecule has 0 aliphatic carbocycles. The molecule has 2 aliphatic heterocycles. The second-order valence-electron chi connectivity index (χ2n) is 7.95. The fourth-order valence-electron chi connectivity index (χ4n) is 4.03. The first kappa shape index (κ1) is 21.4. The summed E-state index contributed by atoms with van der Waals surface area (Å²) >= 11 is 0. The number of anilines is 1. The van der Waals surface area contributed by atoms with Gasteiger partial charge in [-0.25, -0.2) is 9.37 Å². The van der Waals surface area contributed by atoms with Crippen LogP contribution in [-0.2, 0) is 0 Å². The average molecular weight is 447 g/mol. The van der Waals surface area contributed by atoms with Crippen LogP contribution in [0.15, 0.2) is 53.1 Å². The maximum atomic E-state index is 15.4. The third kappa shape index (κ3) is 4.44. The lowest BCUT2D eigenvalue weighted by atomic mass is 10.1. The Hall–Kier alpha value is -1.81. The number of nitrogens with one attached hydrogen (secondary N) is 2. The Labute approximate surface area is 180 Å². The smallest absolute Gasteiger partial charge is 0.259 e. The van der Waals surface area contributed by atoms with E-state index in [-0.39, 0.29) is 11.7 Å². The monoisotopic (exact) mass is 447 g/mol. The molecule has 0 bridgehead atoms. The molecule has 4 atom stereocenters. The highest BCUT2D eigenvalue weighted by Gasteiger charge is 2.35. The van der Waals surface area contributed by atoms with Crippen molar-refractivity contribution in [1.29, 1.82) is 0 Å². The number of halogens is 1. The van der Waals surface area contributed by atoms with Gasteiger partial charge < -0.3 is 10.2 Å². The topological polar surface area (TPSA) is 61.7 Å². The number of aromatic nitrogens is 2. The van der Waals surface area contributed by atoms with E-state index in [4.69, 9.17) is 4.98 Å². The maximum Gasteiger partial charge on any atom is 0.259 e. The molecular formula is C21H28FN5OP2. The molecule has 0 aromatic carbocycles. The van der Waals surface area contributed by atoms with Gasteiger partial charge in [-0.05, 0) is 50.1 Å². The van der Waals surface area contributed by atoms with Gasteiger partial charge in [0.2, 0.25) is 0 Å². The summed E-state index contributed by atoms with van der Waals surface area (Å²) in [6, 6.07) is 4.44. The highest BCUT2D eigenvalue weighted by atomic mass is 31.1. The zero-order valence-electron chi connectivity index (χ0n) is 17.0. The van der Waals surface area contributed by atoms with Crippen molar-refractivity contribution >= 4 is 29.9 Å². The summed E-state index contributed by atoms with van der Waals surface area (Å²) in [6.45, 7) is 3.75. The number of nitrogens with zero attached hydrogens (tertiary/aromatic N) is 3. The van der Waals surface area contributed by atoms with Gasteiger partial charge in [-0.2, -0.15) is 0 Å². The lowest BCUT2D eigenvalue weighted by molar-refractivity contribution is 0.288. The summed E-state index contributed by atoms with van der Waals surface area (Å²) in [5, 5.41) is 4.83. The number of pyridine rings is 1. The van der Waals surface area contributed by atoms with E-state index < -0.39 is 11.2 Å². The minimum Gasteiger partial charge on any atom is -0.372 e. The SMILES string of the molecule is CC1=CC=CNC1NC(c1cccn2c(=O)cc(N3CCCCC3)nc12)C(F)(P)P. The van der Waals surface area contributed by atoms with Crippen molar-refractivity contribution in [3.63, 3.8) is 0 Å². The third-order valence-electron chi connectivity index (χ3n) is 5.65. The van der Waals surface area contributed by atoms with E-state index in [2.05, 4.69) is 34.0 Å². The summed E-state index contributed by atoms with van der Waals surface area (Å²) < 4.78 is 16.9. The van der Waals surface area contributed by atoms with Crippen LogP contribution in [0.3, 0.4) is 0 Å². The number of alkyl halides is 1. The molecule has 2 aromatic heterocycles. The minimum absolute atomic E-state index is 0.159. The molecule has 0 saturated carbocycles. The first-order chi connectivity index (χ1) is 14.3. The van der Waals surface area contributed by atoms with Gasteiger partial charge in [0.05, 0.1) is 12.2 Å². The number of allylic oxidation sites excluding steroid dienone is 2. The molecule has 9 heteroatoms. The van der Waals surface area contributed by atoms with E-state index in [1.807, 2.05) is 31.3 Å². The standard InChI is InChI=1S/C21H28FN5OP2/c1-14-7-5-9-23-19(14)25-18(21(22,29)30)15-8-6-12-27-17(28)13-16(24-20(15)27)26-10-3-2-4-11-26/h5-9,12-13,18-19,23,25H,2-4,10-11,29-30H2,1H3. The molecule has 1 saturated heterocycles. The summed E-state index contributed by atoms with van der Waals surface area (Å²) in [4.78, 5) is 19.8. The highest BCUT2D eigenvalue weighted by Crippen LogP contribution is 2.42. The number of hydrogen-bond donors (Lipinski definition) is 2. The van der Waals surface area contributed by atoms with Gasteiger partial charge in [-0.15, -0.1) is 0 Å². The second-order valence-corrected chi connectivity index (χ2v) is 10.4. The summed E-state index contributed by atoms with van der Waals surface area (Å²) in [6.07, 6.45) is 10.5. The van der Waals surface area contributed by atoms with Gasteiger partial charge in [0.1, 0.15) is 11.5 Å². The van der Waals surface area contributed by atoms with Crippen LogP contribution in [0.4, 0.5) is 10.2 Å². The Bertz CT molecular complexity index is 1040.